The van der Waals surface area contributed by atoms with Gasteiger partial charge in [0.15, 0.2) is 0 Å². The van der Waals surface area contributed by atoms with E-state index in [0.29, 0.717) is 35.3 Å². The van der Waals surface area contributed by atoms with Gasteiger partial charge in [-0.3, -0.25) is 4.79 Å². The largest absolute Gasteiger partial charge is 0.338 e. The van der Waals surface area contributed by atoms with E-state index in [2.05, 4.69) is 14.8 Å². The van der Waals surface area contributed by atoms with E-state index in [9.17, 15) is 9.18 Å². The SMILES string of the molecule is Cc1c(C(=O)N2CCC(c3nncn3C3CC3)CC2)sc2cccc(F)c12. The standard InChI is InChI=1S/C20H21FN4OS/c1-12-17-15(21)3-2-4-16(17)27-18(12)20(26)24-9-7-13(8-10-24)19-23-22-11-25(19)14-5-6-14/h2-4,11,13-14H,5-10H2,1H3. The van der Waals surface area contributed by atoms with Crippen LogP contribution in [0.2, 0.25) is 0 Å². The number of hydrogen-bond acceptors (Lipinski definition) is 4. The van der Waals surface area contributed by atoms with Gasteiger partial charge in [0.2, 0.25) is 0 Å². The van der Waals surface area contributed by atoms with Gasteiger partial charge in [-0.05, 0) is 50.3 Å². The number of amides is 1. The summed E-state index contributed by atoms with van der Waals surface area (Å²) in [6, 6.07) is 5.61. The van der Waals surface area contributed by atoms with Gasteiger partial charge in [-0.25, -0.2) is 4.39 Å². The Balaban J connectivity index is 1.34. The quantitative estimate of drug-likeness (QED) is 0.677. The molecule has 0 atom stereocenters. The zero-order valence-electron chi connectivity index (χ0n) is 15.2. The molecule has 2 aliphatic rings. The van der Waals surface area contributed by atoms with Crippen molar-refractivity contribution in [3.8, 4) is 0 Å². The summed E-state index contributed by atoms with van der Waals surface area (Å²) in [5.74, 6) is 1.21. The molecule has 3 heterocycles. The summed E-state index contributed by atoms with van der Waals surface area (Å²) in [4.78, 5) is 15.6. The smallest absolute Gasteiger partial charge is 0.264 e. The second kappa shape index (κ2) is 6.41. The molecule has 0 N–H and O–H groups in total. The third kappa shape index (κ3) is 2.84. The van der Waals surface area contributed by atoms with Crippen LogP contribution in [-0.2, 0) is 0 Å². The van der Waals surface area contributed by atoms with Crippen LogP contribution in [0.1, 0.15) is 58.7 Å². The average Bonchev–Trinajstić information content (AvgIpc) is 3.30. The van der Waals surface area contributed by atoms with Crippen molar-refractivity contribution in [1.82, 2.24) is 19.7 Å². The summed E-state index contributed by atoms with van der Waals surface area (Å²) in [5.41, 5.74) is 0.758. The van der Waals surface area contributed by atoms with Crippen LogP contribution in [0.3, 0.4) is 0 Å². The first-order valence-corrected chi connectivity index (χ1v) is 10.3. The fraction of sp³-hybridized carbons (Fsp3) is 0.450. The van der Waals surface area contributed by atoms with Crippen LogP contribution < -0.4 is 0 Å². The first kappa shape index (κ1) is 16.9. The van der Waals surface area contributed by atoms with Gasteiger partial charge in [-0.1, -0.05) is 6.07 Å². The number of thiophene rings is 1. The van der Waals surface area contributed by atoms with Gasteiger partial charge in [0.1, 0.15) is 18.0 Å². The van der Waals surface area contributed by atoms with Crippen LogP contribution in [0.15, 0.2) is 24.5 Å². The maximum absolute atomic E-state index is 14.1. The van der Waals surface area contributed by atoms with Crippen LogP contribution in [0, 0.1) is 12.7 Å². The lowest BCUT2D eigenvalue weighted by Crippen LogP contribution is -2.38. The van der Waals surface area contributed by atoms with E-state index in [-0.39, 0.29) is 11.7 Å². The van der Waals surface area contributed by atoms with Crippen molar-refractivity contribution >= 4 is 27.3 Å². The number of hydrogen-bond donors (Lipinski definition) is 0. The molecule has 7 heteroatoms. The van der Waals surface area contributed by atoms with E-state index in [1.54, 1.807) is 6.07 Å². The first-order valence-electron chi connectivity index (χ1n) is 9.49. The Morgan fingerprint density at radius 2 is 2.00 bits per heavy atom. The first-order chi connectivity index (χ1) is 13.1. The van der Waals surface area contributed by atoms with E-state index in [1.807, 2.05) is 24.2 Å². The molecule has 5 rings (SSSR count). The molecule has 3 aromatic rings. The Morgan fingerprint density at radius 3 is 2.70 bits per heavy atom. The predicted molar refractivity (Wildman–Crippen MR) is 103 cm³/mol. The number of likely N-dealkylation sites (tertiary alicyclic amines) is 1. The molecule has 0 unspecified atom stereocenters. The highest BCUT2D eigenvalue weighted by molar-refractivity contribution is 7.21. The van der Waals surface area contributed by atoms with Gasteiger partial charge in [0, 0.05) is 35.1 Å². The number of carbonyl (C=O) groups excluding carboxylic acids is 1. The molecule has 1 aromatic carbocycles. The molecule has 0 bridgehead atoms. The van der Waals surface area contributed by atoms with Gasteiger partial charge >= 0.3 is 0 Å². The number of piperidine rings is 1. The summed E-state index contributed by atoms with van der Waals surface area (Å²) >= 11 is 1.40. The van der Waals surface area contributed by atoms with Gasteiger partial charge in [0.25, 0.3) is 5.91 Å². The highest BCUT2D eigenvalue weighted by Crippen LogP contribution is 2.39. The molecular formula is C20H21FN4OS. The average molecular weight is 384 g/mol. The van der Waals surface area contributed by atoms with Crippen molar-refractivity contribution in [1.29, 1.82) is 0 Å². The number of aryl methyl sites for hydroxylation is 1. The zero-order chi connectivity index (χ0) is 18.5. The molecule has 1 aliphatic carbocycles. The normalized spacial score (nSPS) is 18.4. The van der Waals surface area contributed by atoms with Crippen molar-refractivity contribution in [3.63, 3.8) is 0 Å². The van der Waals surface area contributed by atoms with Crippen LogP contribution in [0.5, 0.6) is 0 Å². The lowest BCUT2D eigenvalue weighted by molar-refractivity contribution is 0.0714. The number of rotatable bonds is 3. The van der Waals surface area contributed by atoms with Gasteiger partial charge in [0.05, 0.1) is 4.88 Å². The highest BCUT2D eigenvalue weighted by atomic mass is 32.1. The highest BCUT2D eigenvalue weighted by Gasteiger charge is 2.32. The van der Waals surface area contributed by atoms with E-state index < -0.39 is 0 Å². The molecule has 1 saturated heterocycles. The second-order valence-corrected chi connectivity index (χ2v) is 8.62. The van der Waals surface area contributed by atoms with Crippen LogP contribution in [-0.4, -0.2) is 38.7 Å². The van der Waals surface area contributed by atoms with Crippen molar-refractivity contribution in [2.75, 3.05) is 13.1 Å². The number of aromatic nitrogens is 3. The second-order valence-electron chi connectivity index (χ2n) is 7.56. The van der Waals surface area contributed by atoms with E-state index in [4.69, 9.17) is 0 Å². The minimum Gasteiger partial charge on any atom is -0.338 e. The monoisotopic (exact) mass is 384 g/mol. The lowest BCUT2D eigenvalue weighted by Gasteiger charge is -2.31. The number of benzene rings is 1. The third-order valence-corrected chi connectivity index (χ3v) is 7.03. The summed E-state index contributed by atoms with van der Waals surface area (Å²) in [6.45, 7) is 3.26. The molecule has 0 radical (unpaired) electrons. The minimum absolute atomic E-state index is 0.0233. The molecule has 1 amide bonds. The Bertz CT molecular complexity index is 1010. The Labute approximate surface area is 160 Å². The number of carbonyl (C=O) groups is 1. The van der Waals surface area contributed by atoms with Crippen LogP contribution in [0.4, 0.5) is 4.39 Å². The molecule has 140 valence electrons. The van der Waals surface area contributed by atoms with Crippen molar-refractivity contribution in [2.24, 2.45) is 0 Å². The van der Waals surface area contributed by atoms with Gasteiger partial charge in [-0.15, -0.1) is 21.5 Å². The Kier molecular flexibility index (Phi) is 4.00. The Morgan fingerprint density at radius 1 is 1.22 bits per heavy atom. The molecule has 5 nitrogen and oxygen atoms in total. The maximum atomic E-state index is 14.1. The molecule has 1 aliphatic heterocycles. The van der Waals surface area contributed by atoms with E-state index in [1.165, 1.54) is 30.2 Å². The summed E-state index contributed by atoms with van der Waals surface area (Å²) < 4.78 is 17.2. The molecule has 2 aromatic heterocycles. The molecule has 0 spiro atoms. The number of halogens is 1. The van der Waals surface area contributed by atoms with Crippen molar-refractivity contribution in [3.05, 3.63) is 46.6 Å². The number of nitrogens with zero attached hydrogens (tertiary/aromatic N) is 4. The summed E-state index contributed by atoms with van der Waals surface area (Å²) in [5, 5.41) is 9.04. The van der Waals surface area contributed by atoms with Crippen LogP contribution >= 0.6 is 11.3 Å². The minimum atomic E-state index is -0.251. The fourth-order valence-electron chi connectivity index (χ4n) is 4.12. The maximum Gasteiger partial charge on any atom is 0.264 e. The molecule has 27 heavy (non-hydrogen) atoms. The van der Waals surface area contributed by atoms with E-state index >= 15 is 0 Å². The third-order valence-electron chi connectivity index (χ3n) is 5.79. The van der Waals surface area contributed by atoms with Gasteiger partial charge < -0.3 is 9.47 Å². The molecule has 1 saturated carbocycles. The molecule has 2 fully saturated rings. The van der Waals surface area contributed by atoms with Crippen molar-refractivity contribution in [2.45, 2.75) is 44.6 Å². The van der Waals surface area contributed by atoms with Crippen LogP contribution in [0.25, 0.3) is 10.1 Å². The summed E-state index contributed by atoms with van der Waals surface area (Å²) in [7, 11) is 0. The van der Waals surface area contributed by atoms with Gasteiger partial charge in [-0.2, -0.15) is 0 Å². The molecular weight excluding hydrogens is 363 g/mol. The van der Waals surface area contributed by atoms with Crippen molar-refractivity contribution < 1.29 is 9.18 Å². The summed E-state index contributed by atoms with van der Waals surface area (Å²) in [6.07, 6.45) is 6.07. The predicted octanol–water partition coefficient (Wildman–Crippen LogP) is 4.30. The van der Waals surface area contributed by atoms with E-state index in [0.717, 1.165) is 28.9 Å². The topological polar surface area (TPSA) is 51.0 Å². The number of fused-ring (bicyclic) bond motifs is 1. The zero-order valence-corrected chi connectivity index (χ0v) is 16.0. The Hall–Kier alpha value is -2.28. The lowest BCUT2D eigenvalue weighted by atomic mass is 9.95. The fourth-order valence-corrected chi connectivity index (χ4v) is 5.31.